The van der Waals surface area contributed by atoms with Gasteiger partial charge in [-0.05, 0) is 34.7 Å². The molecule has 102 valence electrons. The Morgan fingerprint density at radius 1 is 1.32 bits per heavy atom. The Morgan fingerprint density at radius 2 is 2.11 bits per heavy atom. The van der Waals surface area contributed by atoms with Gasteiger partial charge in [0.1, 0.15) is 18.0 Å². The van der Waals surface area contributed by atoms with Gasteiger partial charge >= 0.3 is 0 Å². The summed E-state index contributed by atoms with van der Waals surface area (Å²) in [5.41, 5.74) is 5.00. The molecule has 0 unspecified atom stereocenters. The second-order valence-corrected chi connectivity index (χ2v) is 5.37. The van der Waals surface area contributed by atoms with Crippen LogP contribution in [0, 0.1) is 0 Å². The van der Waals surface area contributed by atoms with Crippen molar-refractivity contribution in [1.29, 1.82) is 0 Å². The number of rotatable bonds is 6. The van der Waals surface area contributed by atoms with Crippen LogP contribution in [0.5, 0.6) is 0 Å². The summed E-state index contributed by atoms with van der Waals surface area (Å²) >= 11 is 1.72. The monoisotopic (exact) mass is 277 g/mol. The third kappa shape index (κ3) is 3.42. The number of nitrogens with zero attached hydrogens (tertiary/aromatic N) is 2. The molecule has 0 atom stereocenters. The minimum atomic E-state index is 0.302. The van der Waals surface area contributed by atoms with Crippen molar-refractivity contribution in [3.8, 4) is 0 Å². The van der Waals surface area contributed by atoms with Crippen LogP contribution in [0.1, 0.15) is 30.9 Å². The molecule has 0 radical (unpaired) electrons. The van der Waals surface area contributed by atoms with Gasteiger partial charge in [0, 0.05) is 12.1 Å². The lowest BCUT2D eigenvalue weighted by molar-refractivity contribution is 0.843. The third-order valence-electron chi connectivity index (χ3n) is 2.88. The zero-order chi connectivity index (χ0) is 13.7. The quantitative estimate of drug-likeness (QED) is 0.559. The number of hydrazine groups is 1. The van der Waals surface area contributed by atoms with Gasteiger partial charge in [-0.15, -0.1) is 0 Å². The molecule has 0 fully saturated rings. The SMILES string of the molecule is CC(C)c1c(NN)ncnc1NCCc1ccsc1. The molecule has 0 aliphatic rings. The molecule has 4 N–H and O–H groups in total. The molecule has 0 aliphatic heterocycles. The van der Waals surface area contributed by atoms with Crippen LogP contribution < -0.4 is 16.6 Å². The summed E-state index contributed by atoms with van der Waals surface area (Å²) in [6.45, 7) is 5.05. The number of hydrogen-bond donors (Lipinski definition) is 3. The van der Waals surface area contributed by atoms with Crippen LogP contribution in [0.4, 0.5) is 11.6 Å². The van der Waals surface area contributed by atoms with E-state index in [1.165, 1.54) is 11.9 Å². The molecule has 19 heavy (non-hydrogen) atoms. The predicted molar refractivity (Wildman–Crippen MR) is 80.4 cm³/mol. The van der Waals surface area contributed by atoms with Crippen molar-refractivity contribution in [2.75, 3.05) is 17.3 Å². The van der Waals surface area contributed by atoms with E-state index in [-0.39, 0.29) is 0 Å². The molecule has 0 bridgehead atoms. The highest BCUT2D eigenvalue weighted by atomic mass is 32.1. The molecule has 0 spiro atoms. The minimum absolute atomic E-state index is 0.302. The van der Waals surface area contributed by atoms with Crippen LogP contribution in [0.2, 0.25) is 0 Å². The highest BCUT2D eigenvalue weighted by molar-refractivity contribution is 7.07. The molecule has 0 saturated carbocycles. The summed E-state index contributed by atoms with van der Waals surface area (Å²) in [5, 5.41) is 7.62. The van der Waals surface area contributed by atoms with E-state index in [2.05, 4.69) is 51.4 Å². The zero-order valence-electron chi connectivity index (χ0n) is 11.2. The van der Waals surface area contributed by atoms with E-state index in [0.717, 1.165) is 24.3 Å². The van der Waals surface area contributed by atoms with Crippen molar-refractivity contribution in [2.45, 2.75) is 26.2 Å². The van der Waals surface area contributed by atoms with E-state index in [1.54, 1.807) is 11.3 Å². The van der Waals surface area contributed by atoms with Crippen LogP contribution in [-0.2, 0) is 6.42 Å². The summed E-state index contributed by atoms with van der Waals surface area (Å²) < 4.78 is 0. The van der Waals surface area contributed by atoms with E-state index in [9.17, 15) is 0 Å². The first-order chi connectivity index (χ1) is 9.22. The summed E-state index contributed by atoms with van der Waals surface area (Å²) in [6, 6.07) is 2.14. The van der Waals surface area contributed by atoms with Crippen molar-refractivity contribution < 1.29 is 0 Å². The van der Waals surface area contributed by atoms with Gasteiger partial charge in [0.05, 0.1) is 0 Å². The number of hydrogen-bond acceptors (Lipinski definition) is 6. The lowest BCUT2D eigenvalue weighted by atomic mass is 10.0. The van der Waals surface area contributed by atoms with Gasteiger partial charge in [-0.3, -0.25) is 0 Å². The average Bonchev–Trinajstić information content (AvgIpc) is 2.91. The van der Waals surface area contributed by atoms with E-state index < -0.39 is 0 Å². The number of anilines is 2. The summed E-state index contributed by atoms with van der Waals surface area (Å²) in [5.74, 6) is 7.34. The Kier molecular flexibility index (Phi) is 4.70. The van der Waals surface area contributed by atoms with Crippen molar-refractivity contribution in [3.63, 3.8) is 0 Å². The van der Waals surface area contributed by atoms with Gasteiger partial charge in [0.2, 0.25) is 0 Å². The van der Waals surface area contributed by atoms with Crippen molar-refractivity contribution in [2.24, 2.45) is 5.84 Å². The van der Waals surface area contributed by atoms with E-state index >= 15 is 0 Å². The molecule has 0 saturated heterocycles. The van der Waals surface area contributed by atoms with Gasteiger partial charge in [0.15, 0.2) is 0 Å². The van der Waals surface area contributed by atoms with Gasteiger partial charge in [-0.25, -0.2) is 15.8 Å². The molecule has 2 aromatic rings. The number of aromatic nitrogens is 2. The smallest absolute Gasteiger partial charge is 0.148 e. The lowest BCUT2D eigenvalue weighted by Crippen LogP contribution is -2.16. The van der Waals surface area contributed by atoms with E-state index in [1.807, 2.05) is 0 Å². The number of thiophene rings is 1. The lowest BCUT2D eigenvalue weighted by Gasteiger charge is -2.16. The van der Waals surface area contributed by atoms with Crippen LogP contribution in [-0.4, -0.2) is 16.5 Å². The van der Waals surface area contributed by atoms with Crippen LogP contribution in [0.3, 0.4) is 0 Å². The Labute approximate surface area is 117 Å². The Hall–Kier alpha value is -1.66. The fraction of sp³-hybridized carbons (Fsp3) is 0.385. The second-order valence-electron chi connectivity index (χ2n) is 4.59. The number of nitrogen functional groups attached to an aromatic ring is 1. The molecule has 0 amide bonds. The number of nitrogens with one attached hydrogen (secondary N) is 2. The highest BCUT2D eigenvalue weighted by Gasteiger charge is 2.13. The average molecular weight is 277 g/mol. The van der Waals surface area contributed by atoms with Gasteiger partial charge in [-0.2, -0.15) is 11.3 Å². The van der Waals surface area contributed by atoms with E-state index in [4.69, 9.17) is 5.84 Å². The van der Waals surface area contributed by atoms with Crippen molar-refractivity contribution in [3.05, 3.63) is 34.3 Å². The molecule has 6 heteroatoms. The Bertz CT molecular complexity index is 510. The highest BCUT2D eigenvalue weighted by Crippen LogP contribution is 2.27. The fourth-order valence-corrected chi connectivity index (χ4v) is 2.66. The molecule has 2 rings (SSSR count). The van der Waals surface area contributed by atoms with Gasteiger partial charge in [0.25, 0.3) is 0 Å². The molecular formula is C13H19N5S. The maximum Gasteiger partial charge on any atom is 0.148 e. The Morgan fingerprint density at radius 3 is 2.74 bits per heavy atom. The molecule has 0 aromatic carbocycles. The molecule has 2 heterocycles. The summed E-state index contributed by atoms with van der Waals surface area (Å²) in [4.78, 5) is 8.46. The maximum absolute atomic E-state index is 5.50. The second kappa shape index (κ2) is 6.49. The summed E-state index contributed by atoms with van der Waals surface area (Å²) in [7, 11) is 0. The largest absolute Gasteiger partial charge is 0.369 e. The Balaban J connectivity index is 2.07. The zero-order valence-corrected chi connectivity index (χ0v) is 12.0. The first-order valence-electron chi connectivity index (χ1n) is 6.28. The topological polar surface area (TPSA) is 75.9 Å². The molecule has 5 nitrogen and oxygen atoms in total. The van der Waals surface area contributed by atoms with Gasteiger partial charge < -0.3 is 10.7 Å². The summed E-state index contributed by atoms with van der Waals surface area (Å²) in [6.07, 6.45) is 2.50. The predicted octanol–water partition coefficient (Wildman–Crippen LogP) is 2.60. The van der Waals surface area contributed by atoms with Crippen molar-refractivity contribution >= 4 is 23.0 Å². The van der Waals surface area contributed by atoms with Gasteiger partial charge in [-0.1, -0.05) is 13.8 Å². The molecule has 2 aromatic heterocycles. The first kappa shape index (κ1) is 13.8. The van der Waals surface area contributed by atoms with Crippen LogP contribution >= 0.6 is 11.3 Å². The van der Waals surface area contributed by atoms with E-state index in [0.29, 0.717) is 11.7 Å². The third-order valence-corrected chi connectivity index (χ3v) is 3.62. The maximum atomic E-state index is 5.50. The fourth-order valence-electron chi connectivity index (χ4n) is 1.96. The normalized spacial score (nSPS) is 10.7. The van der Waals surface area contributed by atoms with Crippen LogP contribution in [0.15, 0.2) is 23.2 Å². The first-order valence-corrected chi connectivity index (χ1v) is 7.23. The molecule has 0 aliphatic carbocycles. The molecular weight excluding hydrogens is 258 g/mol. The standard InChI is InChI=1S/C13H19N5S/c1-9(2)11-12(16-8-17-13(11)18-14)15-5-3-10-4-6-19-7-10/h4,6-9H,3,5,14H2,1-2H3,(H2,15,16,17,18). The van der Waals surface area contributed by atoms with Crippen molar-refractivity contribution in [1.82, 2.24) is 9.97 Å². The number of nitrogens with two attached hydrogens (primary N) is 1. The minimum Gasteiger partial charge on any atom is -0.369 e. The van der Waals surface area contributed by atoms with Crippen LogP contribution in [0.25, 0.3) is 0 Å².